The molecule has 1 saturated heterocycles. The van der Waals surface area contributed by atoms with Crippen LogP contribution >= 0.6 is 11.8 Å². The highest BCUT2D eigenvalue weighted by Crippen LogP contribution is 2.35. The monoisotopic (exact) mass is 256 g/mol. The molecule has 0 aromatic heterocycles. The maximum atomic E-state index is 6.18. The van der Waals surface area contributed by atoms with Crippen molar-refractivity contribution >= 4 is 11.8 Å². The van der Waals surface area contributed by atoms with E-state index in [0.29, 0.717) is 5.54 Å². The van der Waals surface area contributed by atoms with E-state index < -0.39 is 0 Å². The Morgan fingerprint density at radius 1 is 1.24 bits per heavy atom. The van der Waals surface area contributed by atoms with Gasteiger partial charge in [0.15, 0.2) is 0 Å². The molecule has 1 aliphatic carbocycles. The maximum absolute atomic E-state index is 6.18. The molecule has 1 atom stereocenters. The van der Waals surface area contributed by atoms with Crippen LogP contribution in [0.25, 0.3) is 0 Å². The van der Waals surface area contributed by atoms with Crippen LogP contribution in [0.5, 0.6) is 0 Å². The molecule has 0 spiro atoms. The summed E-state index contributed by atoms with van der Waals surface area (Å²) in [7, 11) is 0. The lowest BCUT2D eigenvalue weighted by Gasteiger charge is -2.47. The molecule has 1 heterocycles. The van der Waals surface area contributed by atoms with Gasteiger partial charge in [-0.15, -0.1) is 0 Å². The van der Waals surface area contributed by atoms with Crippen LogP contribution in [0.1, 0.15) is 51.9 Å². The fraction of sp³-hybridized carbons (Fsp3) is 1.00. The minimum Gasteiger partial charge on any atom is -0.329 e. The SMILES string of the molecule is CCC1CN(C2(CN)CCCCCC2)CCS1. The van der Waals surface area contributed by atoms with Crippen molar-refractivity contribution in [3.05, 3.63) is 0 Å². The highest BCUT2D eigenvalue weighted by molar-refractivity contribution is 8.00. The molecular formula is C14H28N2S. The van der Waals surface area contributed by atoms with Crippen molar-refractivity contribution in [3.63, 3.8) is 0 Å². The molecule has 0 amide bonds. The number of rotatable bonds is 3. The summed E-state index contributed by atoms with van der Waals surface area (Å²) in [6.07, 6.45) is 9.59. The highest BCUT2D eigenvalue weighted by atomic mass is 32.2. The van der Waals surface area contributed by atoms with Crippen molar-refractivity contribution in [2.24, 2.45) is 5.73 Å². The average molecular weight is 256 g/mol. The summed E-state index contributed by atoms with van der Waals surface area (Å²) in [5.41, 5.74) is 6.53. The van der Waals surface area contributed by atoms with Gasteiger partial charge in [-0.05, 0) is 19.3 Å². The van der Waals surface area contributed by atoms with E-state index in [0.717, 1.165) is 11.8 Å². The zero-order valence-corrected chi connectivity index (χ0v) is 12.1. The summed E-state index contributed by atoms with van der Waals surface area (Å²) < 4.78 is 0. The smallest absolute Gasteiger partial charge is 0.0332 e. The molecular weight excluding hydrogens is 228 g/mol. The van der Waals surface area contributed by atoms with Gasteiger partial charge in [0, 0.05) is 36.2 Å². The van der Waals surface area contributed by atoms with Gasteiger partial charge in [-0.1, -0.05) is 32.6 Å². The lowest BCUT2D eigenvalue weighted by atomic mass is 9.87. The number of hydrogen-bond donors (Lipinski definition) is 1. The van der Waals surface area contributed by atoms with Gasteiger partial charge >= 0.3 is 0 Å². The number of hydrogen-bond acceptors (Lipinski definition) is 3. The third-order valence-corrected chi connectivity index (χ3v) is 6.05. The van der Waals surface area contributed by atoms with Crippen LogP contribution < -0.4 is 5.73 Å². The predicted molar refractivity (Wildman–Crippen MR) is 77.6 cm³/mol. The van der Waals surface area contributed by atoms with Gasteiger partial charge in [0.2, 0.25) is 0 Å². The second kappa shape index (κ2) is 6.44. The Morgan fingerprint density at radius 2 is 1.94 bits per heavy atom. The van der Waals surface area contributed by atoms with Gasteiger partial charge in [0.25, 0.3) is 0 Å². The molecule has 1 unspecified atom stereocenters. The minimum absolute atomic E-state index is 0.352. The van der Waals surface area contributed by atoms with Crippen LogP contribution in [-0.2, 0) is 0 Å². The Kier molecular flexibility index (Phi) is 5.19. The zero-order chi connectivity index (χ0) is 12.1. The molecule has 2 aliphatic rings. The molecule has 1 aliphatic heterocycles. The van der Waals surface area contributed by atoms with Gasteiger partial charge in [-0.25, -0.2) is 0 Å². The standard InChI is InChI=1S/C14H28N2S/c1-2-13-11-16(9-10-17-13)14(12-15)7-5-3-4-6-8-14/h13H,2-12,15H2,1H3. The van der Waals surface area contributed by atoms with Gasteiger partial charge < -0.3 is 5.73 Å². The molecule has 3 heteroatoms. The third kappa shape index (κ3) is 3.18. The maximum Gasteiger partial charge on any atom is 0.0332 e. The van der Waals surface area contributed by atoms with Crippen LogP contribution in [0, 0.1) is 0 Å². The number of thioether (sulfide) groups is 1. The Balaban J connectivity index is 2.04. The second-order valence-electron chi connectivity index (χ2n) is 5.69. The predicted octanol–water partition coefficient (Wildman–Crippen LogP) is 2.87. The molecule has 0 aromatic carbocycles. The lowest BCUT2D eigenvalue weighted by Crippen LogP contribution is -2.57. The van der Waals surface area contributed by atoms with Crippen LogP contribution in [-0.4, -0.2) is 41.1 Å². The largest absolute Gasteiger partial charge is 0.329 e. The van der Waals surface area contributed by atoms with E-state index in [1.165, 1.54) is 63.8 Å². The quantitative estimate of drug-likeness (QED) is 0.787. The fourth-order valence-corrected chi connectivity index (χ4v) is 4.61. The first kappa shape index (κ1) is 13.7. The van der Waals surface area contributed by atoms with Crippen molar-refractivity contribution in [1.29, 1.82) is 0 Å². The fourth-order valence-electron chi connectivity index (χ4n) is 3.43. The summed E-state index contributed by atoms with van der Waals surface area (Å²) in [6.45, 7) is 5.73. The zero-order valence-electron chi connectivity index (χ0n) is 11.3. The molecule has 2 N–H and O–H groups in total. The van der Waals surface area contributed by atoms with E-state index in [2.05, 4.69) is 23.6 Å². The summed E-state index contributed by atoms with van der Waals surface area (Å²) >= 11 is 2.16. The van der Waals surface area contributed by atoms with E-state index in [4.69, 9.17) is 5.73 Å². The minimum atomic E-state index is 0.352. The first-order valence-corrected chi connectivity index (χ1v) is 8.42. The first-order chi connectivity index (χ1) is 8.30. The molecule has 2 nitrogen and oxygen atoms in total. The Bertz CT molecular complexity index is 224. The second-order valence-corrected chi connectivity index (χ2v) is 7.10. The normalized spacial score (nSPS) is 31.1. The van der Waals surface area contributed by atoms with Crippen molar-refractivity contribution in [3.8, 4) is 0 Å². The van der Waals surface area contributed by atoms with Crippen LogP contribution in [0.2, 0.25) is 0 Å². The highest BCUT2D eigenvalue weighted by Gasteiger charge is 2.37. The molecule has 17 heavy (non-hydrogen) atoms. The molecule has 0 aromatic rings. The molecule has 2 rings (SSSR count). The van der Waals surface area contributed by atoms with Gasteiger partial charge in [-0.2, -0.15) is 11.8 Å². The van der Waals surface area contributed by atoms with Crippen LogP contribution in [0.15, 0.2) is 0 Å². The van der Waals surface area contributed by atoms with Gasteiger partial charge in [0.1, 0.15) is 0 Å². The van der Waals surface area contributed by atoms with Crippen molar-refractivity contribution < 1.29 is 0 Å². The molecule has 1 saturated carbocycles. The van der Waals surface area contributed by atoms with Crippen molar-refractivity contribution in [2.45, 2.75) is 62.7 Å². The van der Waals surface area contributed by atoms with Crippen LogP contribution in [0.4, 0.5) is 0 Å². The van der Waals surface area contributed by atoms with E-state index in [1.807, 2.05) is 0 Å². The van der Waals surface area contributed by atoms with Crippen LogP contribution in [0.3, 0.4) is 0 Å². The molecule has 100 valence electrons. The van der Waals surface area contributed by atoms with Crippen molar-refractivity contribution in [1.82, 2.24) is 4.90 Å². The Morgan fingerprint density at radius 3 is 2.53 bits per heavy atom. The topological polar surface area (TPSA) is 29.3 Å². The summed E-state index contributed by atoms with van der Waals surface area (Å²) in [6, 6.07) is 0. The average Bonchev–Trinajstić information content (AvgIpc) is 2.65. The van der Waals surface area contributed by atoms with E-state index in [-0.39, 0.29) is 0 Å². The Labute approximate surface area is 111 Å². The van der Waals surface area contributed by atoms with Crippen molar-refractivity contribution in [2.75, 3.05) is 25.4 Å². The molecule has 0 bridgehead atoms. The third-order valence-electron chi connectivity index (χ3n) is 4.68. The number of nitrogens with two attached hydrogens (primary N) is 1. The summed E-state index contributed by atoms with van der Waals surface area (Å²) in [4.78, 5) is 2.75. The van der Waals surface area contributed by atoms with E-state index in [1.54, 1.807) is 0 Å². The van der Waals surface area contributed by atoms with E-state index in [9.17, 15) is 0 Å². The van der Waals surface area contributed by atoms with Gasteiger partial charge in [0.05, 0.1) is 0 Å². The molecule has 2 fully saturated rings. The Hall–Kier alpha value is 0.270. The van der Waals surface area contributed by atoms with E-state index >= 15 is 0 Å². The van der Waals surface area contributed by atoms with Gasteiger partial charge in [-0.3, -0.25) is 4.90 Å². The summed E-state index contributed by atoms with van der Waals surface area (Å²) in [5.74, 6) is 1.31. The first-order valence-electron chi connectivity index (χ1n) is 7.37. The lowest BCUT2D eigenvalue weighted by molar-refractivity contribution is 0.0811. The summed E-state index contributed by atoms with van der Waals surface area (Å²) in [5, 5.41) is 0.843. The number of nitrogens with zero attached hydrogens (tertiary/aromatic N) is 1. The molecule has 0 radical (unpaired) electrons.